The Morgan fingerprint density at radius 2 is 1.28 bits per heavy atom. The number of amides is 3. The van der Waals surface area contributed by atoms with Crippen LogP contribution in [0.25, 0.3) is 0 Å². The fraction of sp³-hybridized carbons (Fsp3) is 0.318. The number of hydrazine groups is 1. The van der Waals surface area contributed by atoms with E-state index in [2.05, 4.69) is 30.0 Å². The lowest BCUT2D eigenvalue weighted by molar-refractivity contribution is -0.118. The number of carbonyl (C=O) groups excluding carboxylic acids is 3. The lowest BCUT2D eigenvalue weighted by atomic mass is 10.1. The van der Waals surface area contributed by atoms with Crippen molar-refractivity contribution in [3.63, 3.8) is 0 Å². The van der Waals surface area contributed by atoms with Crippen molar-refractivity contribution in [2.75, 3.05) is 11.9 Å². The van der Waals surface area contributed by atoms with Crippen molar-refractivity contribution < 1.29 is 19.1 Å². The third-order valence-corrected chi connectivity index (χ3v) is 3.93. The van der Waals surface area contributed by atoms with E-state index < -0.39 is 11.8 Å². The first-order valence-electron chi connectivity index (χ1n) is 9.50. The maximum absolute atomic E-state index is 12.2. The zero-order chi connectivity index (χ0) is 21.4. The summed E-state index contributed by atoms with van der Waals surface area (Å²) in [7, 11) is 0. The molecule has 7 heteroatoms. The number of hydrogen-bond acceptors (Lipinski definition) is 4. The minimum atomic E-state index is -0.461. The zero-order valence-corrected chi connectivity index (χ0v) is 17.1. The molecule has 3 N–H and O–H groups in total. The molecule has 0 unspecified atom stereocenters. The molecule has 0 saturated carbocycles. The van der Waals surface area contributed by atoms with Gasteiger partial charge in [0, 0.05) is 22.7 Å². The number of hydrogen-bond donors (Lipinski definition) is 3. The van der Waals surface area contributed by atoms with Gasteiger partial charge in [-0.3, -0.25) is 25.2 Å². The average Bonchev–Trinajstić information content (AvgIpc) is 2.71. The van der Waals surface area contributed by atoms with Crippen LogP contribution in [0.15, 0.2) is 48.5 Å². The summed E-state index contributed by atoms with van der Waals surface area (Å²) in [5, 5.41) is 2.75. The molecule has 7 nitrogen and oxygen atoms in total. The van der Waals surface area contributed by atoms with Crippen LogP contribution in [0.1, 0.15) is 48.4 Å². The second-order valence-electron chi connectivity index (χ2n) is 7.36. The van der Waals surface area contributed by atoms with Gasteiger partial charge in [0.15, 0.2) is 0 Å². The summed E-state index contributed by atoms with van der Waals surface area (Å²) in [4.78, 5) is 36.1. The van der Waals surface area contributed by atoms with E-state index in [1.807, 2.05) is 0 Å². The molecule has 2 aromatic rings. The molecular formula is C22H27N3O4. The maximum atomic E-state index is 12.2. The minimum Gasteiger partial charge on any atom is -0.493 e. The number of anilines is 1. The van der Waals surface area contributed by atoms with Crippen LogP contribution in [0.5, 0.6) is 5.75 Å². The molecule has 0 aliphatic carbocycles. The first-order valence-corrected chi connectivity index (χ1v) is 9.50. The quantitative estimate of drug-likeness (QED) is 0.624. The Bertz CT molecular complexity index is 843. The Morgan fingerprint density at radius 3 is 1.72 bits per heavy atom. The van der Waals surface area contributed by atoms with E-state index in [0.717, 1.165) is 0 Å². The highest BCUT2D eigenvalue weighted by Gasteiger charge is 2.11. The van der Waals surface area contributed by atoms with E-state index in [-0.39, 0.29) is 11.8 Å². The topological polar surface area (TPSA) is 96.5 Å². The van der Waals surface area contributed by atoms with E-state index >= 15 is 0 Å². The van der Waals surface area contributed by atoms with Crippen molar-refractivity contribution in [3.05, 3.63) is 59.7 Å². The van der Waals surface area contributed by atoms with Crippen molar-refractivity contribution in [1.82, 2.24) is 10.9 Å². The molecule has 0 aliphatic rings. The molecule has 0 aliphatic heterocycles. The Kier molecular flexibility index (Phi) is 7.77. The van der Waals surface area contributed by atoms with Crippen molar-refractivity contribution in [2.45, 2.75) is 27.7 Å². The molecule has 2 rings (SSSR count). The van der Waals surface area contributed by atoms with E-state index in [9.17, 15) is 14.4 Å². The molecule has 0 atom stereocenters. The fourth-order valence-electron chi connectivity index (χ4n) is 2.21. The molecule has 0 heterocycles. The third kappa shape index (κ3) is 6.95. The number of benzene rings is 2. The fourth-order valence-corrected chi connectivity index (χ4v) is 2.21. The normalized spacial score (nSPS) is 10.6. The monoisotopic (exact) mass is 397 g/mol. The Balaban J connectivity index is 1.86. The van der Waals surface area contributed by atoms with Crippen LogP contribution in [-0.4, -0.2) is 24.3 Å². The number of nitrogens with one attached hydrogen (secondary N) is 3. The molecule has 3 amide bonds. The molecule has 0 saturated heterocycles. The van der Waals surface area contributed by atoms with Gasteiger partial charge in [-0.05, 0) is 54.4 Å². The highest BCUT2D eigenvalue weighted by molar-refractivity contribution is 5.99. The summed E-state index contributed by atoms with van der Waals surface area (Å²) in [6.45, 7) is 8.30. The van der Waals surface area contributed by atoms with Crippen LogP contribution >= 0.6 is 0 Å². The first kappa shape index (κ1) is 21.9. The van der Waals surface area contributed by atoms with E-state index in [1.54, 1.807) is 62.4 Å². The van der Waals surface area contributed by atoms with Gasteiger partial charge in [-0.25, -0.2) is 0 Å². The smallest absolute Gasteiger partial charge is 0.269 e. The van der Waals surface area contributed by atoms with E-state index in [4.69, 9.17) is 4.74 Å². The molecule has 0 aromatic heterocycles. The van der Waals surface area contributed by atoms with Gasteiger partial charge in [0.05, 0.1) is 6.61 Å². The summed E-state index contributed by atoms with van der Waals surface area (Å²) < 4.78 is 5.58. The predicted octanol–water partition coefficient (Wildman–Crippen LogP) is 3.39. The van der Waals surface area contributed by atoms with Gasteiger partial charge >= 0.3 is 0 Å². The average molecular weight is 397 g/mol. The minimum absolute atomic E-state index is 0.102. The molecule has 29 heavy (non-hydrogen) atoms. The molecule has 154 valence electrons. The van der Waals surface area contributed by atoms with Gasteiger partial charge in [-0.2, -0.15) is 0 Å². The standard InChI is InChI=1S/C22H27N3O4/c1-14(2)13-29-19-11-7-17(8-12-19)22(28)25-24-21(27)16-5-9-18(10-6-16)23-20(26)15(3)4/h5-12,14-15H,13H2,1-4H3,(H,23,26)(H,24,27)(H,25,28). The SMILES string of the molecule is CC(C)COc1ccc(C(=O)NNC(=O)c2ccc(NC(=O)C(C)C)cc2)cc1. The van der Waals surface area contributed by atoms with Crippen molar-refractivity contribution in [1.29, 1.82) is 0 Å². The van der Waals surface area contributed by atoms with Crippen LogP contribution in [0.3, 0.4) is 0 Å². The number of ether oxygens (including phenoxy) is 1. The van der Waals surface area contributed by atoms with Crippen molar-refractivity contribution in [3.8, 4) is 5.75 Å². The zero-order valence-electron chi connectivity index (χ0n) is 17.1. The first-order chi connectivity index (χ1) is 13.8. The summed E-state index contributed by atoms with van der Waals surface area (Å²) in [5.74, 6) is -0.0386. The van der Waals surface area contributed by atoms with Gasteiger partial charge in [0.25, 0.3) is 11.8 Å². The Labute approximate surface area is 170 Å². The summed E-state index contributed by atoms with van der Waals surface area (Å²) in [6, 6.07) is 13.1. The highest BCUT2D eigenvalue weighted by atomic mass is 16.5. The largest absolute Gasteiger partial charge is 0.493 e. The molecule has 0 spiro atoms. The predicted molar refractivity (Wildman–Crippen MR) is 112 cm³/mol. The van der Waals surface area contributed by atoms with Crippen molar-refractivity contribution in [2.24, 2.45) is 11.8 Å². The molecule has 2 aromatic carbocycles. The second-order valence-corrected chi connectivity index (χ2v) is 7.36. The van der Waals surface area contributed by atoms with Crippen molar-refractivity contribution >= 4 is 23.4 Å². The third-order valence-electron chi connectivity index (χ3n) is 3.93. The van der Waals surface area contributed by atoms with Gasteiger partial charge in [0.1, 0.15) is 5.75 Å². The van der Waals surface area contributed by atoms with E-state index in [1.165, 1.54) is 0 Å². The van der Waals surface area contributed by atoms with Crippen LogP contribution < -0.4 is 20.9 Å². The molecular weight excluding hydrogens is 370 g/mol. The lowest BCUT2D eigenvalue weighted by Gasteiger charge is -2.11. The van der Waals surface area contributed by atoms with Crippen LogP contribution in [-0.2, 0) is 4.79 Å². The second kappa shape index (κ2) is 10.3. The van der Waals surface area contributed by atoms with Crippen LogP contribution in [0.2, 0.25) is 0 Å². The van der Waals surface area contributed by atoms with Gasteiger partial charge < -0.3 is 10.1 Å². The molecule has 0 fully saturated rings. The highest BCUT2D eigenvalue weighted by Crippen LogP contribution is 2.13. The Hall–Kier alpha value is -3.35. The lowest BCUT2D eigenvalue weighted by Crippen LogP contribution is -2.41. The van der Waals surface area contributed by atoms with Gasteiger partial charge in [-0.1, -0.05) is 27.7 Å². The van der Waals surface area contributed by atoms with Gasteiger partial charge in [0.2, 0.25) is 5.91 Å². The molecule has 0 radical (unpaired) electrons. The summed E-state index contributed by atoms with van der Waals surface area (Å²) >= 11 is 0. The van der Waals surface area contributed by atoms with Crippen LogP contribution in [0.4, 0.5) is 5.69 Å². The Morgan fingerprint density at radius 1 is 0.793 bits per heavy atom. The number of carbonyl (C=O) groups is 3. The van der Waals surface area contributed by atoms with Crippen LogP contribution in [0, 0.1) is 11.8 Å². The maximum Gasteiger partial charge on any atom is 0.269 e. The summed E-state index contributed by atoms with van der Waals surface area (Å²) in [6.07, 6.45) is 0. The number of rotatable bonds is 7. The summed E-state index contributed by atoms with van der Waals surface area (Å²) in [5.41, 5.74) is 6.10. The van der Waals surface area contributed by atoms with E-state index in [0.29, 0.717) is 35.1 Å². The molecule has 0 bridgehead atoms. The van der Waals surface area contributed by atoms with Gasteiger partial charge in [-0.15, -0.1) is 0 Å².